The van der Waals surface area contributed by atoms with Gasteiger partial charge in [-0.15, -0.1) is 10.2 Å². The molecule has 3 N–H and O–H groups in total. The number of rotatable bonds is 4. The number of H-pyrrole nitrogens is 1. The molecule has 0 aliphatic heterocycles. The van der Waals surface area contributed by atoms with E-state index in [4.69, 9.17) is 0 Å². The highest BCUT2D eigenvalue weighted by Gasteiger charge is 2.10. The number of hydrogen-bond donors (Lipinski definition) is 3. The van der Waals surface area contributed by atoms with E-state index < -0.39 is 0 Å². The van der Waals surface area contributed by atoms with Gasteiger partial charge in [-0.2, -0.15) is 5.10 Å². The molecule has 0 aromatic carbocycles. The Balaban J connectivity index is 1.83. The molecule has 96 valence electrons. The van der Waals surface area contributed by atoms with Gasteiger partial charge in [0.1, 0.15) is 5.01 Å². The molecule has 0 radical (unpaired) electrons. The van der Waals surface area contributed by atoms with Gasteiger partial charge in [0.2, 0.25) is 5.13 Å². The lowest BCUT2D eigenvalue weighted by Crippen LogP contribution is -2.28. The smallest absolute Gasteiger partial charge is 0.321 e. The first-order chi connectivity index (χ1) is 8.65. The summed E-state index contributed by atoms with van der Waals surface area (Å²) < 4.78 is 0. The highest BCUT2D eigenvalue weighted by atomic mass is 32.1. The zero-order chi connectivity index (χ0) is 13.0. The molecule has 0 bridgehead atoms. The van der Waals surface area contributed by atoms with Crippen LogP contribution in [0.15, 0.2) is 12.3 Å². The number of nitrogens with zero attached hydrogens (tertiary/aromatic N) is 3. The van der Waals surface area contributed by atoms with E-state index >= 15 is 0 Å². The zero-order valence-electron chi connectivity index (χ0n) is 10.1. The molecular weight excluding hydrogens is 252 g/mol. The van der Waals surface area contributed by atoms with Crippen molar-refractivity contribution in [3.8, 4) is 0 Å². The highest BCUT2D eigenvalue weighted by molar-refractivity contribution is 7.15. The van der Waals surface area contributed by atoms with Crippen LogP contribution in [0.3, 0.4) is 0 Å². The number of amides is 2. The highest BCUT2D eigenvalue weighted by Crippen LogP contribution is 2.22. The van der Waals surface area contributed by atoms with Gasteiger partial charge in [-0.25, -0.2) is 4.79 Å². The Hall–Kier alpha value is -1.96. The van der Waals surface area contributed by atoms with E-state index in [9.17, 15) is 4.79 Å². The minimum atomic E-state index is -0.309. The Labute approximate surface area is 108 Å². The van der Waals surface area contributed by atoms with E-state index in [0.29, 0.717) is 17.6 Å². The number of carbonyl (C=O) groups excluding carboxylic acids is 1. The number of carbonyl (C=O) groups is 1. The summed E-state index contributed by atoms with van der Waals surface area (Å²) in [6.45, 7) is 4.45. The molecule has 0 spiro atoms. The van der Waals surface area contributed by atoms with E-state index in [1.165, 1.54) is 11.3 Å². The normalized spacial score (nSPS) is 10.6. The molecule has 0 aliphatic rings. The van der Waals surface area contributed by atoms with Crippen LogP contribution in [0.1, 0.15) is 30.5 Å². The largest absolute Gasteiger partial charge is 0.332 e. The summed E-state index contributed by atoms with van der Waals surface area (Å²) >= 11 is 1.38. The maximum atomic E-state index is 11.6. The molecule has 7 nitrogen and oxygen atoms in total. The van der Waals surface area contributed by atoms with Crippen LogP contribution in [0.25, 0.3) is 0 Å². The van der Waals surface area contributed by atoms with E-state index in [0.717, 1.165) is 10.7 Å². The first-order valence-corrected chi connectivity index (χ1v) is 6.33. The van der Waals surface area contributed by atoms with Crippen LogP contribution in [0.2, 0.25) is 0 Å². The van der Waals surface area contributed by atoms with E-state index in [1.807, 2.05) is 13.8 Å². The number of nitrogens with one attached hydrogen (secondary N) is 3. The Morgan fingerprint density at radius 3 is 2.94 bits per heavy atom. The van der Waals surface area contributed by atoms with Crippen LogP contribution in [-0.4, -0.2) is 26.4 Å². The van der Waals surface area contributed by atoms with Crippen molar-refractivity contribution in [2.45, 2.75) is 26.3 Å². The van der Waals surface area contributed by atoms with E-state index in [-0.39, 0.29) is 6.03 Å². The molecule has 2 amide bonds. The van der Waals surface area contributed by atoms with Gasteiger partial charge in [0.25, 0.3) is 0 Å². The molecular formula is C10H14N6OS. The molecule has 18 heavy (non-hydrogen) atoms. The van der Waals surface area contributed by atoms with Gasteiger partial charge < -0.3 is 5.32 Å². The van der Waals surface area contributed by atoms with Crippen molar-refractivity contribution in [1.82, 2.24) is 25.7 Å². The summed E-state index contributed by atoms with van der Waals surface area (Å²) in [5, 5.41) is 21.2. The third-order valence-corrected chi connectivity index (χ3v) is 3.29. The van der Waals surface area contributed by atoms with E-state index in [1.54, 1.807) is 12.3 Å². The van der Waals surface area contributed by atoms with Gasteiger partial charge >= 0.3 is 6.03 Å². The fraction of sp³-hybridized carbons (Fsp3) is 0.400. The van der Waals surface area contributed by atoms with Crippen molar-refractivity contribution in [3.05, 3.63) is 23.0 Å². The van der Waals surface area contributed by atoms with Crippen molar-refractivity contribution >= 4 is 22.5 Å². The lowest BCUT2D eigenvalue weighted by atomic mass is 10.2. The Bertz CT molecular complexity index is 506. The van der Waals surface area contributed by atoms with Gasteiger partial charge in [-0.1, -0.05) is 25.2 Å². The summed E-state index contributed by atoms with van der Waals surface area (Å²) in [7, 11) is 0. The molecule has 2 aromatic heterocycles. The number of aromatic amines is 1. The summed E-state index contributed by atoms with van der Waals surface area (Å²) in [6, 6.07) is 1.48. The minimum absolute atomic E-state index is 0.309. The molecule has 0 fully saturated rings. The number of anilines is 1. The van der Waals surface area contributed by atoms with E-state index in [2.05, 4.69) is 31.0 Å². The standard InChI is InChI=1S/C10H14N6OS/c1-6(2)8-15-16-10(18-8)13-9(17)11-5-7-3-4-12-14-7/h3-4,6H,5H2,1-2H3,(H,12,14)(H2,11,13,16,17). The predicted molar refractivity (Wildman–Crippen MR) is 68.4 cm³/mol. The molecule has 2 rings (SSSR count). The van der Waals surface area contributed by atoms with Crippen molar-refractivity contribution in [1.29, 1.82) is 0 Å². The molecule has 0 unspecified atom stereocenters. The van der Waals surface area contributed by atoms with Crippen LogP contribution in [0, 0.1) is 0 Å². The second kappa shape index (κ2) is 5.58. The van der Waals surface area contributed by atoms with Crippen LogP contribution >= 0.6 is 11.3 Å². The maximum Gasteiger partial charge on any atom is 0.321 e. The second-order valence-electron chi connectivity index (χ2n) is 3.99. The van der Waals surface area contributed by atoms with Crippen LogP contribution in [0.4, 0.5) is 9.93 Å². The fourth-order valence-electron chi connectivity index (χ4n) is 1.22. The Kier molecular flexibility index (Phi) is 3.88. The van der Waals surface area contributed by atoms with Gasteiger partial charge in [-0.05, 0) is 6.07 Å². The molecule has 0 atom stereocenters. The first-order valence-electron chi connectivity index (χ1n) is 5.51. The van der Waals surface area contributed by atoms with Crippen molar-refractivity contribution in [2.24, 2.45) is 0 Å². The first kappa shape index (κ1) is 12.5. The predicted octanol–water partition coefficient (Wildman–Crippen LogP) is 1.71. The minimum Gasteiger partial charge on any atom is -0.332 e. The maximum absolute atomic E-state index is 11.6. The summed E-state index contributed by atoms with van der Waals surface area (Å²) in [5.74, 6) is 0.311. The molecule has 0 aliphatic carbocycles. The summed E-state index contributed by atoms with van der Waals surface area (Å²) in [6.07, 6.45) is 1.63. The van der Waals surface area contributed by atoms with Crippen molar-refractivity contribution in [2.75, 3.05) is 5.32 Å². The molecule has 0 saturated carbocycles. The average Bonchev–Trinajstić information content (AvgIpc) is 2.96. The molecule has 0 saturated heterocycles. The number of hydrogen-bond acceptors (Lipinski definition) is 5. The second-order valence-corrected chi connectivity index (χ2v) is 5.00. The van der Waals surface area contributed by atoms with Gasteiger partial charge in [-0.3, -0.25) is 10.4 Å². The van der Waals surface area contributed by atoms with Gasteiger partial charge in [0.05, 0.1) is 12.2 Å². The number of aromatic nitrogens is 4. The summed E-state index contributed by atoms with van der Waals surface area (Å²) in [5.41, 5.74) is 0.838. The quantitative estimate of drug-likeness (QED) is 0.785. The Morgan fingerprint density at radius 1 is 1.50 bits per heavy atom. The average molecular weight is 266 g/mol. The summed E-state index contributed by atoms with van der Waals surface area (Å²) in [4.78, 5) is 11.6. The molecule has 8 heteroatoms. The van der Waals surface area contributed by atoms with Crippen LogP contribution < -0.4 is 10.6 Å². The van der Waals surface area contributed by atoms with Crippen LogP contribution in [0.5, 0.6) is 0 Å². The fourth-order valence-corrected chi connectivity index (χ4v) is 1.96. The van der Waals surface area contributed by atoms with Gasteiger partial charge in [0, 0.05) is 12.1 Å². The molecule has 2 aromatic rings. The monoisotopic (exact) mass is 266 g/mol. The van der Waals surface area contributed by atoms with Crippen molar-refractivity contribution in [3.63, 3.8) is 0 Å². The Morgan fingerprint density at radius 2 is 2.33 bits per heavy atom. The molecule has 2 heterocycles. The lowest BCUT2D eigenvalue weighted by molar-refractivity contribution is 0.251. The number of urea groups is 1. The SMILES string of the molecule is CC(C)c1nnc(NC(=O)NCc2ccn[nH]2)s1. The van der Waals surface area contributed by atoms with Crippen LogP contribution in [-0.2, 0) is 6.54 Å². The third-order valence-electron chi connectivity index (χ3n) is 2.15. The topological polar surface area (TPSA) is 95.6 Å². The third kappa shape index (κ3) is 3.27. The van der Waals surface area contributed by atoms with Crippen molar-refractivity contribution < 1.29 is 4.79 Å². The lowest BCUT2D eigenvalue weighted by Gasteiger charge is -2.02. The zero-order valence-corrected chi connectivity index (χ0v) is 10.9. The van der Waals surface area contributed by atoms with Gasteiger partial charge in [0.15, 0.2) is 0 Å².